The Labute approximate surface area is 93.2 Å². The van der Waals surface area contributed by atoms with Crippen molar-refractivity contribution < 1.29 is 4.79 Å². The van der Waals surface area contributed by atoms with Crippen LogP contribution in [0.15, 0.2) is 0 Å². The molecule has 0 aromatic carbocycles. The van der Waals surface area contributed by atoms with E-state index in [9.17, 15) is 4.79 Å². The van der Waals surface area contributed by atoms with E-state index in [1.165, 1.54) is 6.42 Å². The first kappa shape index (κ1) is 12.5. The minimum atomic E-state index is 0.337. The highest BCUT2D eigenvalue weighted by Crippen LogP contribution is 2.22. The van der Waals surface area contributed by atoms with E-state index in [2.05, 4.69) is 19.2 Å². The van der Waals surface area contributed by atoms with Crippen LogP contribution in [0, 0.1) is 11.8 Å². The summed E-state index contributed by atoms with van der Waals surface area (Å²) in [5.41, 5.74) is 0. The SMILES string of the molecule is CNCCCC(=O)N1CCC(C)C(C)C1. The molecule has 88 valence electrons. The Morgan fingerprint density at radius 2 is 2.13 bits per heavy atom. The summed E-state index contributed by atoms with van der Waals surface area (Å²) in [6.07, 6.45) is 2.82. The number of hydrogen-bond acceptors (Lipinski definition) is 2. The number of likely N-dealkylation sites (tertiary alicyclic amines) is 1. The number of carbonyl (C=O) groups excluding carboxylic acids is 1. The number of carbonyl (C=O) groups is 1. The van der Waals surface area contributed by atoms with Crippen LogP contribution >= 0.6 is 0 Å². The van der Waals surface area contributed by atoms with Crippen LogP contribution in [0.5, 0.6) is 0 Å². The fraction of sp³-hybridized carbons (Fsp3) is 0.917. The van der Waals surface area contributed by atoms with E-state index in [0.717, 1.165) is 32.0 Å². The van der Waals surface area contributed by atoms with Gasteiger partial charge in [0.2, 0.25) is 5.91 Å². The molecule has 3 heteroatoms. The molecular weight excluding hydrogens is 188 g/mol. The molecule has 1 N–H and O–H groups in total. The first-order chi connectivity index (χ1) is 7.15. The van der Waals surface area contributed by atoms with E-state index in [1.54, 1.807) is 0 Å². The van der Waals surface area contributed by atoms with E-state index < -0.39 is 0 Å². The van der Waals surface area contributed by atoms with Gasteiger partial charge in [-0.2, -0.15) is 0 Å². The lowest BCUT2D eigenvalue weighted by Crippen LogP contribution is -2.42. The zero-order valence-corrected chi connectivity index (χ0v) is 10.3. The summed E-state index contributed by atoms with van der Waals surface area (Å²) in [6.45, 7) is 7.39. The van der Waals surface area contributed by atoms with Crippen LogP contribution < -0.4 is 5.32 Å². The molecular formula is C12H24N2O. The van der Waals surface area contributed by atoms with Gasteiger partial charge >= 0.3 is 0 Å². The van der Waals surface area contributed by atoms with E-state index in [0.29, 0.717) is 18.2 Å². The second kappa shape index (κ2) is 6.11. The number of hydrogen-bond donors (Lipinski definition) is 1. The average Bonchev–Trinajstić information content (AvgIpc) is 2.22. The summed E-state index contributed by atoms with van der Waals surface area (Å²) >= 11 is 0. The Hall–Kier alpha value is -0.570. The minimum Gasteiger partial charge on any atom is -0.342 e. The number of piperidine rings is 1. The molecule has 2 unspecified atom stereocenters. The molecule has 1 heterocycles. The molecule has 1 fully saturated rings. The largest absolute Gasteiger partial charge is 0.342 e. The molecule has 2 atom stereocenters. The van der Waals surface area contributed by atoms with Crippen molar-refractivity contribution in [2.75, 3.05) is 26.7 Å². The summed E-state index contributed by atoms with van der Waals surface area (Å²) in [7, 11) is 1.93. The molecule has 1 aliphatic heterocycles. The third kappa shape index (κ3) is 3.82. The minimum absolute atomic E-state index is 0.337. The van der Waals surface area contributed by atoms with Gasteiger partial charge in [-0.05, 0) is 38.3 Å². The van der Waals surface area contributed by atoms with Gasteiger partial charge in [0.25, 0.3) is 0 Å². The fourth-order valence-corrected chi connectivity index (χ4v) is 2.06. The molecule has 0 aromatic rings. The fourth-order valence-electron chi connectivity index (χ4n) is 2.06. The summed E-state index contributed by atoms with van der Waals surface area (Å²) < 4.78 is 0. The Morgan fingerprint density at radius 3 is 2.73 bits per heavy atom. The lowest BCUT2D eigenvalue weighted by atomic mass is 9.88. The molecule has 0 radical (unpaired) electrons. The highest BCUT2D eigenvalue weighted by Gasteiger charge is 2.25. The average molecular weight is 212 g/mol. The van der Waals surface area contributed by atoms with Crippen LogP contribution in [-0.2, 0) is 4.79 Å². The Morgan fingerprint density at radius 1 is 1.40 bits per heavy atom. The molecule has 1 amide bonds. The van der Waals surface area contributed by atoms with Crippen molar-refractivity contribution in [3.05, 3.63) is 0 Å². The third-order valence-electron chi connectivity index (χ3n) is 3.50. The quantitative estimate of drug-likeness (QED) is 0.716. The van der Waals surface area contributed by atoms with Gasteiger partial charge in [0.1, 0.15) is 0 Å². The lowest BCUT2D eigenvalue weighted by molar-refractivity contribution is -0.133. The van der Waals surface area contributed by atoms with Gasteiger partial charge in [-0.15, -0.1) is 0 Å². The predicted octanol–water partition coefficient (Wildman–Crippen LogP) is 1.49. The standard InChI is InChI=1S/C12H24N2O/c1-10-6-8-14(9-11(10)2)12(15)5-4-7-13-3/h10-11,13H,4-9H2,1-3H3. The number of rotatable bonds is 4. The van der Waals surface area contributed by atoms with E-state index in [4.69, 9.17) is 0 Å². The Bertz CT molecular complexity index is 206. The third-order valence-corrected chi connectivity index (χ3v) is 3.50. The van der Waals surface area contributed by atoms with E-state index in [1.807, 2.05) is 11.9 Å². The summed E-state index contributed by atoms with van der Waals surface area (Å²) in [5.74, 6) is 1.77. The highest BCUT2D eigenvalue weighted by molar-refractivity contribution is 5.76. The molecule has 0 spiro atoms. The smallest absolute Gasteiger partial charge is 0.222 e. The molecule has 3 nitrogen and oxygen atoms in total. The Kier molecular flexibility index (Phi) is 5.09. The van der Waals surface area contributed by atoms with Crippen LogP contribution in [-0.4, -0.2) is 37.5 Å². The number of amides is 1. The van der Waals surface area contributed by atoms with Crippen LogP contribution in [0.3, 0.4) is 0 Å². The molecule has 0 aliphatic carbocycles. The van der Waals surface area contributed by atoms with Crippen molar-refractivity contribution in [1.29, 1.82) is 0 Å². The van der Waals surface area contributed by atoms with E-state index in [-0.39, 0.29) is 0 Å². The maximum Gasteiger partial charge on any atom is 0.222 e. The van der Waals surface area contributed by atoms with Gasteiger partial charge in [-0.1, -0.05) is 13.8 Å². The molecule has 1 aliphatic rings. The first-order valence-electron chi connectivity index (χ1n) is 6.07. The van der Waals surface area contributed by atoms with Crippen molar-refractivity contribution in [3.8, 4) is 0 Å². The van der Waals surface area contributed by atoms with Crippen molar-refractivity contribution in [1.82, 2.24) is 10.2 Å². The summed E-state index contributed by atoms with van der Waals surface area (Å²) in [4.78, 5) is 13.9. The monoisotopic (exact) mass is 212 g/mol. The lowest BCUT2D eigenvalue weighted by Gasteiger charge is -2.35. The van der Waals surface area contributed by atoms with Crippen LogP contribution in [0.1, 0.15) is 33.1 Å². The van der Waals surface area contributed by atoms with Crippen LogP contribution in [0.25, 0.3) is 0 Å². The van der Waals surface area contributed by atoms with Gasteiger partial charge in [-0.3, -0.25) is 4.79 Å². The van der Waals surface area contributed by atoms with Gasteiger partial charge < -0.3 is 10.2 Å². The van der Waals surface area contributed by atoms with E-state index >= 15 is 0 Å². The topological polar surface area (TPSA) is 32.3 Å². The maximum absolute atomic E-state index is 11.8. The zero-order chi connectivity index (χ0) is 11.3. The van der Waals surface area contributed by atoms with Crippen molar-refractivity contribution >= 4 is 5.91 Å². The zero-order valence-electron chi connectivity index (χ0n) is 10.3. The van der Waals surface area contributed by atoms with Gasteiger partial charge in [0.15, 0.2) is 0 Å². The highest BCUT2D eigenvalue weighted by atomic mass is 16.2. The van der Waals surface area contributed by atoms with Crippen LogP contribution in [0.4, 0.5) is 0 Å². The van der Waals surface area contributed by atoms with Crippen molar-refractivity contribution in [2.24, 2.45) is 11.8 Å². The second-order valence-corrected chi connectivity index (χ2v) is 4.79. The number of nitrogens with zero attached hydrogens (tertiary/aromatic N) is 1. The van der Waals surface area contributed by atoms with Gasteiger partial charge in [-0.25, -0.2) is 0 Å². The Balaban J connectivity index is 2.28. The predicted molar refractivity (Wildman–Crippen MR) is 62.7 cm³/mol. The molecule has 15 heavy (non-hydrogen) atoms. The molecule has 1 saturated heterocycles. The van der Waals surface area contributed by atoms with Gasteiger partial charge in [0.05, 0.1) is 0 Å². The van der Waals surface area contributed by atoms with Crippen LogP contribution in [0.2, 0.25) is 0 Å². The normalized spacial score (nSPS) is 26.7. The summed E-state index contributed by atoms with van der Waals surface area (Å²) in [5, 5.41) is 3.07. The van der Waals surface area contributed by atoms with Gasteiger partial charge in [0, 0.05) is 19.5 Å². The summed E-state index contributed by atoms with van der Waals surface area (Å²) in [6, 6.07) is 0. The van der Waals surface area contributed by atoms with Crippen molar-refractivity contribution in [2.45, 2.75) is 33.1 Å². The molecule has 0 aromatic heterocycles. The molecule has 0 bridgehead atoms. The molecule has 0 saturated carbocycles. The first-order valence-corrected chi connectivity index (χ1v) is 6.07. The maximum atomic E-state index is 11.8. The van der Waals surface area contributed by atoms with Crippen molar-refractivity contribution in [3.63, 3.8) is 0 Å². The molecule has 1 rings (SSSR count). The number of nitrogens with one attached hydrogen (secondary N) is 1. The second-order valence-electron chi connectivity index (χ2n) is 4.79.